The van der Waals surface area contributed by atoms with Crippen molar-refractivity contribution in [2.24, 2.45) is 0 Å². The molecular formula is C44H32F2IrN4OSi-2. The zero-order valence-corrected chi connectivity index (χ0v) is 32.5. The minimum absolute atomic E-state index is 0. The van der Waals surface area contributed by atoms with E-state index in [9.17, 15) is 8.78 Å². The average molecular weight is 891 g/mol. The number of benzene rings is 5. The second kappa shape index (κ2) is 14.8. The fraction of sp³-hybridized carbons (Fsp3) is 0.0682. The largest absolute Gasteiger partial charge is 0.486 e. The average Bonchev–Trinajstić information content (AvgIpc) is 3.74. The van der Waals surface area contributed by atoms with Gasteiger partial charge in [-0.05, 0) is 59.4 Å². The molecule has 263 valence electrons. The van der Waals surface area contributed by atoms with E-state index in [0.717, 1.165) is 38.8 Å². The first-order valence-electron chi connectivity index (χ1n) is 16.9. The van der Waals surface area contributed by atoms with Gasteiger partial charge in [0.1, 0.15) is 11.6 Å². The Morgan fingerprint density at radius 3 is 2.11 bits per heavy atom. The molecule has 1 radical (unpaired) electrons. The van der Waals surface area contributed by atoms with E-state index >= 15 is 0 Å². The van der Waals surface area contributed by atoms with Gasteiger partial charge in [-0.1, -0.05) is 79.1 Å². The normalized spacial score (nSPS) is 11.3. The predicted molar refractivity (Wildman–Crippen MR) is 207 cm³/mol. The fourth-order valence-electron chi connectivity index (χ4n) is 6.25. The van der Waals surface area contributed by atoms with Crippen molar-refractivity contribution in [2.45, 2.75) is 19.6 Å². The van der Waals surface area contributed by atoms with Crippen LogP contribution in [0.2, 0.25) is 19.6 Å². The van der Waals surface area contributed by atoms with E-state index in [0.29, 0.717) is 17.0 Å². The molecule has 0 fully saturated rings. The topological polar surface area (TPSA) is 56.7 Å². The van der Waals surface area contributed by atoms with Crippen LogP contribution in [0, 0.1) is 23.8 Å². The van der Waals surface area contributed by atoms with Crippen LogP contribution in [0.1, 0.15) is 0 Å². The summed E-state index contributed by atoms with van der Waals surface area (Å²) < 4.78 is 37.1. The number of hydrogen-bond acceptors (Lipinski definition) is 4. The van der Waals surface area contributed by atoms with Crippen molar-refractivity contribution in [2.75, 3.05) is 0 Å². The van der Waals surface area contributed by atoms with Crippen LogP contribution in [0.4, 0.5) is 8.78 Å². The van der Waals surface area contributed by atoms with Gasteiger partial charge in [-0.15, -0.1) is 54.1 Å². The Morgan fingerprint density at radius 1 is 0.660 bits per heavy atom. The molecule has 53 heavy (non-hydrogen) atoms. The van der Waals surface area contributed by atoms with Crippen molar-refractivity contribution in [3.63, 3.8) is 0 Å². The Balaban J connectivity index is 0.000000216. The molecule has 0 N–H and O–H groups in total. The van der Waals surface area contributed by atoms with Crippen LogP contribution in [-0.2, 0) is 20.1 Å². The zero-order valence-electron chi connectivity index (χ0n) is 29.1. The molecule has 0 saturated heterocycles. The van der Waals surface area contributed by atoms with Gasteiger partial charge in [-0.3, -0.25) is 4.98 Å². The van der Waals surface area contributed by atoms with E-state index in [4.69, 9.17) is 9.40 Å². The number of imidazole rings is 1. The summed E-state index contributed by atoms with van der Waals surface area (Å²) in [7, 11) is -1.23. The molecule has 9 aromatic rings. The molecule has 9 heteroatoms. The first-order valence-corrected chi connectivity index (χ1v) is 20.4. The molecule has 4 heterocycles. The summed E-state index contributed by atoms with van der Waals surface area (Å²) >= 11 is 0. The van der Waals surface area contributed by atoms with Gasteiger partial charge in [0.05, 0.1) is 41.8 Å². The fourth-order valence-corrected chi connectivity index (χ4v) is 7.29. The van der Waals surface area contributed by atoms with Gasteiger partial charge in [0.25, 0.3) is 0 Å². The summed E-state index contributed by atoms with van der Waals surface area (Å²) in [6, 6.07) is 47.5. The molecule has 0 aliphatic rings. The van der Waals surface area contributed by atoms with E-state index in [-0.39, 0.29) is 37.1 Å². The van der Waals surface area contributed by atoms with Crippen LogP contribution < -0.4 is 5.19 Å². The molecule has 0 spiro atoms. The van der Waals surface area contributed by atoms with E-state index in [1.165, 1.54) is 23.4 Å². The van der Waals surface area contributed by atoms with E-state index < -0.39 is 19.7 Å². The van der Waals surface area contributed by atoms with Crippen LogP contribution in [0.25, 0.3) is 72.7 Å². The second-order valence-corrected chi connectivity index (χ2v) is 18.5. The van der Waals surface area contributed by atoms with Gasteiger partial charge in [-0.25, -0.2) is 13.8 Å². The molecule has 0 unspecified atom stereocenters. The summed E-state index contributed by atoms with van der Waals surface area (Å²) in [5.41, 5.74) is 6.31. The number of nitrogens with zero attached hydrogens (tertiary/aromatic N) is 4. The summed E-state index contributed by atoms with van der Waals surface area (Å²) in [6.07, 6.45) is 2.02. The number of halogens is 2. The minimum Gasteiger partial charge on any atom is -0.486 e. The maximum absolute atomic E-state index is 14.4. The van der Waals surface area contributed by atoms with Gasteiger partial charge in [0.2, 0.25) is 5.71 Å². The second-order valence-electron chi connectivity index (χ2n) is 13.4. The molecule has 0 amide bonds. The van der Waals surface area contributed by atoms with Gasteiger partial charge in [0, 0.05) is 37.4 Å². The Labute approximate surface area is 320 Å². The van der Waals surface area contributed by atoms with Gasteiger partial charge in [-0.2, -0.15) is 0 Å². The number of aromatic nitrogens is 4. The smallest absolute Gasteiger partial charge is 0.216 e. The Bertz CT molecular complexity index is 2670. The summed E-state index contributed by atoms with van der Waals surface area (Å²) in [4.78, 5) is 13.9. The third-order valence-corrected chi connectivity index (χ3v) is 11.0. The SMILES string of the molecule is C[Si](C)(C)c1ccc(-c2[c-]cccc2)nc1.Fc1cccc(F)c1-c1ccc2c(n1)oc1c(-c3nc4ccccc4n3-c3ccccc3)[c-]ccc12.[Ir]. The third-order valence-electron chi connectivity index (χ3n) is 8.93. The van der Waals surface area contributed by atoms with Crippen molar-refractivity contribution in [1.29, 1.82) is 0 Å². The standard InChI is InChI=1S/C30H16F2N3O.C14H16NSi.Ir/c31-22-12-7-13-23(32)27(22)25-17-16-20-19-10-6-11-21(28(19)36-30(20)34-25)29-33-24-14-4-5-15-26(24)35(29)18-8-2-1-3-9-18;1-16(2,3)13-9-10-14(15-11-13)12-7-5-4-6-8-12;/h1-10,12-17H;4-7,9-11H,1-3H3;/q2*-1;. The molecule has 4 aromatic heterocycles. The quantitative estimate of drug-likeness (QED) is 0.128. The summed E-state index contributed by atoms with van der Waals surface area (Å²) in [6.45, 7) is 7.00. The number of pyridine rings is 2. The van der Waals surface area contributed by atoms with Crippen molar-refractivity contribution in [3.8, 4) is 39.6 Å². The van der Waals surface area contributed by atoms with E-state index in [1.807, 2.05) is 97.2 Å². The van der Waals surface area contributed by atoms with Crippen molar-refractivity contribution < 1.29 is 33.3 Å². The van der Waals surface area contributed by atoms with E-state index in [1.54, 1.807) is 12.1 Å². The Morgan fingerprint density at radius 2 is 1.40 bits per heavy atom. The van der Waals surface area contributed by atoms with Gasteiger partial charge < -0.3 is 14.0 Å². The monoisotopic (exact) mass is 891 g/mol. The first kappa shape index (κ1) is 35.8. The van der Waals surface area contributed by atoms with Crippen molar-refractivity contribution in [3.05, 3.63) is 163 Å². The maximum Gasteiger partial charge on any atom is 0.216 e. The minimum atomic E-state index is -1.23. The first-order chi connectivity index (χ1) is 25.3. The van der Waals surface area contributed by atoms with Gasteiger partial charge >= 0.3 is 0 Å². The number of furan rings is 1. The molecule has 9 rings (SSSR count). The molecule has 0 saturated carbocycles. The summed E-state index contributed by atoms with van der Waals surface area (Å²) in [5.74, 6) is -0.681. The zero-order chi connectivity index (χ0) is 35.8. The van der Waals surface area contributed by atoms with Crippen LogP contribution in [-0.4, -0.2) is 27.6 Å². The predicted octanol–water partition coefficient (Wildman–Crippen LogP) is 10.8. The van der Waals surface area contributed by atoms with E-state index in [2.05, 4.69) is 58.4 Å². The van der Waals surface area contributed by atoms with Crippen LogP contribution in [0.15, 0.2) is 144 Å². The van der Waals surface area contributed by atoms with Crippen molar-refractivity contribution in [1.82, 2.24) is 19.5 Å². The Kier molecular flexibility index (Phi) is 9.99. The number of hydrogen-bond donors (Lipinski definition) is 0. The molecule has 0 bridgehead atoms. The number of para-hydroxylation sites is 3. The van der Waals surface area contributed by atoms with Gasteiger partial charge in [0.15, 0.2) is 0 Å². The number of fused-ring (bicyclic) bond motifs is 4. The van der Waals surface area contributed by atoms with Crippen molar-refractivity contribution >= 4 is 46.4 Å². The molecule has 0 aliphatic carbocycles. The third kappa shape index (κ3) is 6.99. The molecule has 5 aromatic carbocycles. The van der Waals surface area contributed by atoms with Crippen LogP contribution in [0.5, 0.6) is 0 Å². The maximum atomic E-state index is 14.4. The molecular weight excluding hydrogens is 859 g/mol. The molecule has 0 atom stereocenters. The Hall–Kier alpha value is -5.60. The van der Waals surface area contributed by atoms with Crippen LogP contribution >= 0.6 is 0 Å². The number of rotatable bonds is 5. The molecule has 5 nitrogen and oxygen atoms in total. The summed E-state index contributed by atoms with van der Waals surface area (Å²) in [5, 5.41) is 2.95. The van der Waals surface area contributed by atoms with Crippen LogP contribution in [0.3, 0.4) is 0 Å². The molecule has 0 aliphatic heterocycles.